The number of nitrogens with one attached hydrogen (secondary N) is 1. The van der Waals surface area contributed by atoms with Gasteiger partial charge in [-0.3, -0.25) is 4.79 Å². The number of imidazole rings is 1. The number of rotatable bonds is 3. The van der Waals surface area contributed by atoms with Crippen LogP contribution in [-0.2, 0) is 11.8 Å². The monoisotopic (exact) mass is 288 g/mol. The summed E-state index contributed by atoms with van der Waals surface area (Å²) in [6.45, 7) is 7.79. The van der Waals surface area contributed by atoms with Crippen molar-refractivity contribution < 1.29 is 4.79 Å². The highest BCUT2D eigenvalue weighted by atomic mass is 16.2. The molecular weight excluding hydrogens is 264 g/mol. The van der Waals surface area contributed by atoms with Crippen LogP contribution in [-0.4, -0.2) is 21.5 Å². The SMILES string of the molecule is CC(NC(=O)[C@@H](N)C(C)(C)C)c1nc2ccccc2n1C. The molecule has 2 rings (SSSR count). The smallest absolute Gasteiger partial charge is 0.238 e. The maximum Gasteiger partial charge on any atom is 0.238 e. The van der Waals surface area contributed by atoms with E-state index in [9.17, 15) is 4.79 Å². The number of aryl methyl sites for hydroxylation is 1. The number of nitrogens with two attached hydrogens (primary N) is 1. The van der Waals surface area contributed by atoms with Gasteiger partial charge in [0, 0.05) is 7.05 Å². The number of fused-ring (bicyclic) bond motifs is 1. The maximum atomic E-state index is 12.2. The molecule has 21 heavy (non-hydrogen) atoms. The number of carbonyl (C=O) groups is 1. The molecule has 0 bridgehead atoms. The van der Waals surface area contributed by atoms with E-state index in [-0.39, 0.29) is 17.4 Å². The Kier molecular flexibility index (Phi) is 4.05. The molecule has 2 aromatic rings. The molecule has 0 aliphatic carbocycles. The number of hydrogen-bond donors (Lipinski definition) is 2. The third-order valence-electron chi connectivity index (χ3n) is 3.78. The second kappa shape index (κ2) is 5.48. The van der Waals surface area contributed by atoms with E-state index >= 15 is 0 Å². The molecule has 1 unspecified atom stereocenters. The van der Waals surface area contributed by atoms with Gasteiger partial charge in [-0.2, -0.15) is 0 Å². The van der Waals surface area contributed by atoms with Gasteiger partial charge in [0.1, 0.15) is 5.82 Å². The Balaban J connectivity index is 2.21. The average molecular weight is 288 g/mol. The molecule has 2 atom stereocenters. The summed E-state index contributed by atoms with van der Waals surface area (Å²) in [5.74, 6) is 0.674. The first-order valence-corrected chi connectivity index (χ1v) is 7.19. The summed E-state index contributed by atoms with van der Waals surface area (Å²) in [5.41, 5.74) is 7.70. The first-order chi connectivity index (χ1) is 9.71. The minimum absolute atomic E-state index is 0.151. The van der Waals surface area contributed by atoms with Crippen molar-refractivity contribution in [2.75, 3.05) is 0 Å². The van der Waals surface area contributed by atoms with Crippen molar-refractivity contribution in [1.82, 2.24) is 14.9 Å². The standard InChI is InChI=1S/C16H24N4O/c1-10(18-15(21)13(17)16(2,3)4)14-19-11-8-6-7-9-12(11)20(14)5/h6-10,13H,17H2,1-5H3,(H,18,21)/t10?,13-/m1/s1. The molecule has 114 valence electrons. The predicted molar refractivity (Wildman–Crippen MR) is 84.7 cm³/mol. The Morgan fingerprint density at radius 1 is 1.33 bits per heavy atom. The molecule has 1 aromatic carbocycles. The Hall–Kier alpha value is -1.88. The second-order valence-electron chi connectivity index (χ2n) is 6.59. The van der Waals surface area contributed by atoms with Gasteiger partial charge in [-0.1, -0.05) is 32.9 Å². The number of para-hydroxylation sites is 2. The van der Waals surface area contributed by atoms with Gasteiger partial charge in [-0.25, -0.2) is 4.98 Å². The highest BCUT2D eigenvalue weighted by molar-refractivity contribution is 5.83. The van der Waals surface area contributed by atoms with E-state index in [1.54, 1.807) is 0 Å². The molecule has 0 saturated heterocycles. The predicted octanol–water partition coefficient (Wildman–Crippen LogP) is 2.12. The summed E-state index contributed by atoms with van der Waals surface area (Å²) >= 11 is 0. The topological polar surface area (TPSA) is 72.9 Å². The number of amides is 1. The van der Waals surface area contributed by atoms with Crippen LogP contribution in [0, 0.1) is 5.41 Å². The van der Waals surface area contributed by atoms with Gasteiger partial charge in [0.15, 0.2) is 0 Å². The molecule has 0 radical (unpaired) electrons. The van der Waals surface area contributed by atoms with E-state index in [1.165, 1.54) is 0 Å². The third-order valence-corrected chi connectivity index (χ3v) is 3.78. The van der Waals surface area contributed by atoms with Crippen LogP contribution in [0.15, 0.2) is 24.3 Å². The van der Waals surface area contributed by atoms with Crippen LogP contribution in [0.25, 0.3) is 11.0 Å². The molecule has 0 fully saturated rings. The first kappa shape index (κ1) is 15.5. The number of hydrogen-bond acceptors (Lipinski definition) is 3. The van der Waals surface area contributed by atoms with Crippen molar-refractivity contribution in [1.29, 1.82) is 0 Å². The lowest BCUT2D eigenvalue weighted by molar-refractivity contribution is -0.125. The summed E-state index contributed by atoms with van der Waals surface area (Å²) in [5, 5.41) is 2.96. The van der Waals surface area contributed by atoms with Crippen molar-refractivity contribution >= 4 is 16.9 Å². The molecule has 3 N–H and O–H groups in total. The third kappa shape index (κ3) is 3.08. The average Bonchev–Trinajstić information content (AvgIpc) is 2.75. The zero-order valence-electron chi connectivity index (χ0n) is 13.3. The summed E-state index contributed by atoms with van der Waals surface area (Å²) < 4.78 is 2.00. The van der Waals surface area contributed by atoms with Gasteiger partial charge < -0.3 is 15.6 Å². The lowest BCUT2D eigenvalue weighted by Gasteiger charge is -2.27. The molecule has 5 nitrogen and oxygen atoms in total. The molecule has 1 aromatic heterocycles. The van der Waals surface area contributed by atoms with E-state index in [2.05, 4.69) is 10.3 Å². The number of benzene rings is 1. The molecule has 5 heteroatoms. The van der Waals surface area contributed by atoms with Gasteiger partial charge in [-0.15, -0.1) is 0 Å². The highest BCUT2D eigenvalue weighted by Crippen LogP contribution is 2.21. The van der Waals surface area contributed by atoms with Gasteiger partial charge in [0.25, 0.3) is 0 Å². The lowest BCUT2D eigenvalue weighted by Crippen LogP contribution is -2.49. The van der Waals surface area contributed by atoms with Crippen molar-refractivity contribution in [2.24, 2.45) is 18.2 Å². The number of aromatic nitrogens is 2. The van der Waals surface area contributed by atoms with Crippen molar-refractivity contribution in [3.63, 3.8) is 0 Å². The fraction of sp³-hybridized carbons (Fsp3) is 0.500. The molecular formula is C16H24N4O. The highest BCUT2D eigenvalue weighted by Gasteiger charge is 2.29. The van der Waals surface area contributed by atoms with Crippen LogP contribution >= 0.6 is 0 Å². The summed E-state index contributed by atoms with van der Waals surface area (Å²) in [4.78, 5) is 16.8. The molecule has 1 amide bonds. The fourth-order valence-corrected chi connectivity index (χ4v) is 2.31. The van der Waals surface area contributed by atoms with Crippen molar-refractivity contribution in [2.45, 2.75) is 39.8 Å². The first-order valence-electron chi connectivity index (χ1n) is 7.19. The summed E-state index contributed by atoms with van der Waals surface area (Å²) in [6.07, 6.45) is 0. The van der Waals surface area contributed by atoms with E-state index in [4.69, 9.17) is 5.73 Å². The van der Waals surface area contributed by atoms with Crippen LogP contribution in [0.4, 0.5) is 0 Å². The molecule has 1 heterocycles. The van der Waals surface area contributed by atoms with Gasteiger partial charge in [0.05, 0.1) is 23.1 Å². The van der Waals surface area contributed by atoms with Gasteiger partial charge in [0.2, 0.25) is 5.91 Å². The minimum Gasteiger partial charge on any atom is -0.345 e. The summed E-state index contributed by atoms with van der Waals surface area (Å²) in [7, 11) is 1.96. The zero-order valence-corrected chi connectivity index (χ0v) is 13.3. The summed E-state index contributed by atoms with van der Waals surface area (Å²) in [6, 6.07) is 7.18. The van der Waals surface area contributed by atoms with E-state index < -0.39 is 6.04 Å². The second-order valence-corrected chi connectivity index (χ2v) is 6.59. The zero-order chi connectivity index (χ0) is 15.8. The van der Waals surface area contributed by atoms with Crippen LogP contribution < -0.4 is 11.1 Å². The Morgan fingerprint density at radius 3 is 2.52 bits per heavy atom. The Morgan fingerprint density at radius 2 is 1.95 bits per heavy atom. The van der Waals surface area contributed by atoms with Crippen molar-refractivity contribution in [3.05, 3.63) is 30.1 Å². The van der Waals surface area contributed by atoms with E-state index in [0.717, 1.165) is 16.9 Å². The Labute approximate surface area is 125 Å². The number of nitrogens with zero attached hydrogens (tertiary/aromatic N) is 2. The quantitative estimate of drug-likeness (QED) is 0.908. The molecule has 0 aliphatic heterocycles. The van der Waals surface area contributed by atoms with Crippen LogP contribution in [0.2, 0.25) is 0 Å². The van der Waals surface area contributed by atoms with E-state index in [1.807, 2.05) is 63.6 Å². The van der Waals surface area contributed by atoms with Crippen molar-refractivity contribution in [3.8, 4) is 0 Å². The minimum atomic E-state index is -0.547. The molecule has 0 spiro atoms. The van der Waals surface area contributed by atoms with Gasteiger partial charge >= 0.3 is 0 Å². The normalized spacial score (nSPS) is 15.0. The maximum absolute atomic E-state index is 12.2. The Bertz CT molecular complexity index is 654. The largest absolute Gasteiger partial charge is 0.345 e. The molecule has 0 saturated carbocycles. The fourth-order valence-electron chi connectivity index (χ4n) is 2.31. The van der Waals surface area contributed by atoms with Crippen LogP contribution in [0.1, 0.15) is 39.6 Å². The lowest BCUT2D eigenvalue weighted by atomic mass is 9.87. The van der Waals surface area contributed by atoms with Gasteiger partial charge in [-0.05, 0) is 24.5 Å². The van der Waals surface area contributed by atoms with E-state index in [0.29, 0.717) is 0 Å². The van der Waals surface area contributed by atoms with Crippen LogP contribution in [0.5, 0.6) is 0 Å². The van der Waals surface area contributed by atoms with Crippen LogP contribution in [0.3, 0.4) is 0 Å². The molecule has 0 aliphatic rings. The number of carbonyl (C=O) groups excluding carboxylic acids is 1.